The van der Waals surface area contributed by atoms with E-state index in [0.29, 0.717) is 6.42 Å². The Bertz CT molecular complexity index is 1690. The van der Waals surface area contributed by atoms with Crippen LogP contribution in [-0.2, 0) is 33.2 Å². The Kier molecular flexibility index (Phi) is 36.7. The maximum atomic E-state index is 13.2. The number of unbranched alkanes of at least 4 members (excludes halogenated alkanes) is 14. The first-order valence-electron chi connectivity index (χ1n) is 28.7. The summed E-state index contributed by atoms with van der Waals surface area (Å²) in [6.45, 7) is 1.50. The summed E-state index contributed by atoms with van der Waals surface area (Å²) in [7, 11) is 0. The van der Waals surface area contributed by atoms with Gasteiger partial charge in [0.15, 0.2) is 18.9 Å². The van der Waals surface area contributed by atoms with E-state index in [1.54, 1.807) is 6.08 Å². The summed E-state index contributed by atoms with van der Waals surface area (Å²) in [6.07, 6.45) is 20.7. The van der Waals surface area contributed by atoms with Gasteiger partial charge >= 0.3 is 0 Å². The zero-order valence-electron chi connectivity index (χ0n) is 45.9. The molecule has 0 radical (unpaired) electrons. The van der Waals surface area contributed by atoms with Crippen molar-refractivity contribution in [2.75, 3.05) is 26.4 Å². The van der Waals surface area contributed by atoms with E-state index >= 15 is 0 Å². The average molecular weight is 1100 g/mol. The lowest BCUT2D eigenvalue weighted by molar-refractivity contribution is -0.379. The minimum Gasteiger partial charge on any atom is -0.394 e. The molecule has 0 saturated carbocycles. The minimum absolute atomic E-state index is 0.231. The molecule has 0 aromatic rings. The fourth-order valence-electron chi connectivity index (χ4n) is 9.27. The van der Waals surface area contributed by atoms with Gasteiger partial charge in [-0.25, -0.2) is 0 Å². The first-order chi connectivity index (χ1) is 37.3. The number of nitrogens with one attached hydrogen (secondary N) is 1. The molecule has 0 aromatic heterocycles. The molecule has 19 nitrogen and oxygen atoms in total. The lowest BCUT2D eigenvalue weighted by Gasteiger charge is -2.48. The van der Waals surface area contributed by atoms with E-state index in [2.05, 4.69) is 79.9 Å². The molecule has 1 amide bonds. The molecule has 3 fully saturated rings. The average Bonchev–Trinajstić information content (AvgIpc) is 3.43. The highest BCUT2D eigenvalue weighted by atomic mass is 16.8. The molecule has 19 heteroatoms. The SMILES string of the molecule is CC/C=C\C/C=C\C/C=C\C/C=C\C/C=C\CCCCCCCCCCCC(=O)NC(COC1OC(CO)C(OC2OC(CO)C(OC3OC(CO)C(O)C(O)C3O)C(O)C2O)C(O)C1O)C(O)/C=C/CCCCCCC. The standard InChI is InChI=1S/C58H99NO18/c1-3-5-7-9-11-12-13-14-15-16-17-18-19-20-21-22-23-24-25-26-27-28-30-32-34-36-46(64)59-41(42(63)35-33-31-29-10-8-6-4-2)40-72-56-52(70)49(67)54(44(38-61)74-56)77-58-53(71)50(68)55(45(39-62)75-58)76-57-51(69)48(66)47(65)43(37-60)73-57/h5,7,11-12,14-15,17-18,20-21,33,35,41-45,47-58,60-63,65-71H,3-4,6,8-10,13,16,19,22-32,34,36-40H2,1-2H3,(H,59,64)/b7-5-,12-11-,15-14-,18-17-,21-20-,35-33+. The van der Waals surface area contributed by atoms with Gasteiger partial charge in [-0.3, -0.25) is 4.79 Å². The van der Waals surface area contributed by atoms with Crippen LogP contribution in [0.25, 0.3) is 0 Å². The molecule has 17 atom stereocenters. The summed E-state index contributed by atoms with van der Waals surface area (Å²) in [5, 5.41) is 120. The van der Waals surface area contributed by atoms with Crippen LogP contribution in [0.1, 0.15) is 155 Å². The molecule has 3 heterocycles. The van der Waals surface area contributed by atoms with Crippen molar-refractivity contribution in [1.29, 1.82) is 0 Å². The van der Waals surface area contributed by atoms with Crippen LogP contribution in [0.15, 0.2) is 72.9 Å². The maximum Gasteiger partial charge on any atom is 0.220 e. The number of carbonyl (C=O) groups is 1. The van der Waals surface area contributed by atoms with Gasteiger partial charge in [0.1, 0.15) is 73.2 Å². The van der Waals surface area contributed by atoms with Crippen molar-refractivity contribution in [3.8, 4) is 0 Å². The van der Waals surface area contributed by atoms with Crippen LogP contribution >= 0.6 is 0 Å². The minimum atomic E-state index is -1.98. The van der Waals surface area contributed by atoms with Crippen molar-refractivity contribution < 1.29 is 89.4 Å². The van der Waals surface area contributed by atoms with Crippen molar-refractivity contribution >= 4 is 5.91 Å². The zero-order valence-corrected chi connectivity index (χ0v) is 45.9. The second-order valence-electron chi connectivity index (χ2n) is 20.4. The van der Waals surface area contributed by atoms with E-state index in [0.717, 1.165) is 103 Å². The smallest absolute Gasteiger partial charge is 0.220 e. The van der Waals surface area contributed by atoms with Crippen LogP contribution in [0.4, 0.5) is 0 Å². The summed E-state index contributed by atoms with van der Waals surface area (Å²) in [5.41, 5.74) is 0. The van der Waals surface area contributed by atoms with Crippen LogP contribution in [-0.4, -0.2) is 193 Å². The zero-order chi connectivity index (χ0) is 56.2. The molecule has 77 heavy (non-hydrogen) atoms. The summed E-state index contributed by atoms with van der Waals surface area (Å²) >= 11 is 0. The second kappa shape index (κ2) is 41.3. The number of hydrogen-bond donors (Lipinski definition) is 12. The third-order valence-corrected chi connectivity index (χ3v) is 14.0. The molecule has 0 aliphatic carbocycles. The van der Waals surface area contributed by atoms with Gasteiger partial charge in [-0.1, -0.05) is 157 Å². The van der Waals surface area contributed by atoms with E-state index in [-0.39, 0.29) is 18.9 Å². The molecule has 3 aliphatic heterocycles. The van der Waals surface area contributed by atoms with Gasteiger partial charge in [0.2, 0.25) is 5.91 Å². The third-order valence-electron chi connectivity index (χ3n) is 14.0. The van der Waals surface area contributed by atoms with Crippen molar-refractivity contribution in [3.05, 3.63) is 72.9 Å². The number of ether oxygens (including phenoxy) is 6. The summed E-state index contributed by atoms with van der Waals surface area (Å²) in [4.78, 5) is 13.2. The molecular weight excluding hydrogens is 999 g/mol. The number of carbonyl (C=O) groups excluding carboxylic acids is 1. The summed E-state index contributed by atoms with van der Waals surface area (Å²) < 4.78 is 34.1. The van der Waals surface area contributed by atoms with E-state index < -0.39 is 124 Å². The van der Waals surface area contributed by atoms with Crippen molar-refractivity contribution in [2.45, 2.75) is 259 Å². The van der Waals surface area contributed by atoms with Gasteiger partial charge in [-0.05, 0) is 64.2 Å². The molecule has 3 rings (SSSR count). The van der Waals surface area contributed by atoms with E-state index in [1.807, 2.05) is 6.08 Å². The van der Waals surface area contributed by atoms with Crippen molar-refractivity contribution in [1.82, 2.24) is 5.32 Å². The molecule has 0 bridgehead atoms. The Hall–Kier alpha value is -2.77. The van der Waals surface area contributed by atoms with Gasteiger partial charge in [0.05, 0.1) is 38.6 Å². The van der Waals surface area contributed by atoms with Crippen LogP contribution < -0.4 is 5.32 Å². The van der Waals surface area contributed by atoms with Gasteiger partial charge < -0.3 is 89.9 Å². The van der Waals surface area contributed by atoms with Crippen LogP contribution in [0.2, 0.25) is 0 Å². The first-order valence-corrected chi connectivity index (χ1v) is 28.7. The van der Waals surface area contributed by atoms with Crippen LogP contribution in [0, 0.1) is 0 Å². The molecular formula is C58H99NO18. The Labute approximate surface area is 458 Å². The number of hydrogen-bond acceptors (Lipinski definition) is 18. The fraction of sp³-hybridized carbons (Fsp3) is 0.776. The third kappa shape index (κ3) is 25.7. The molecule has 3 saturated heterocycles. The normalized spacial score (nSPS) is 31.3. The fourth-order valence-corrected chi connectivity index (χ4v) is 9.27. The number of amides is 1. The number of aliphatic hydroxyl groups excluding tert-OH is 11. The Morgan fingerprint density at radius 3 is 1.40 bits per heavy atom. The number of allylic oxidation sites excluding steroid dienone is 11. The molecule has 3 aliphatic rings. The Morgan fingerprint density at radius 2 is 0.896 bits per heavy atom. The molecule has 444 valence electrons. The molecule has 17 unspecified atom stereocenters. The number of rotatable bonds is 40. The molecule has 0 spiro atoms. The highest BCUT2D eigenvalue weighted by molar-refractivity contribution is 5.76. The van der Waals surface area contributed by atoms with E-state index in [4.69, 9.17) is 28.4 Å². The predicted molar refractivity (Wildman–Crippen MR) is 291 cm³/mol. The Balaban J connectivity index is 1.42. The van der Waals surface area contributed by atoms with Crippen LogP contribution in [0.3, 0.4) is 0 Å². The van der Waals surface area contributed by atoms with Gasteiger partial charge in [0.25, 0.3) is 0 Å². The monoisotopic (exact) mass is 1100 g/mol. The Morgan fingerprint density at radius 1 is 0.481 bits per heavy atom. The van der Waals surface area contributed by atoms with E-state index in [9.17, 15) is 61.0 Å². The van der Waals surface area contributed by atoms with Gasteiger partial charge in [0, 0.05) is 6.42 Å². The summed E-state index contributed by atoms with van der Waals surface area (Å²) in [6, 6.07) is -0.977. The maximum absolute atomic E-state index is 13.2. The topological polar surface area (TPSA) is 307 Å². The lowest BCUT2D eigenvalue weighted by atomic mass is 9.96. The van der Waals surface area contributed by atoms with E-state index in [1.165, 1.54) is 25.7 Å². The van der Waals surface area contributed by atoms with Crippen molar-refractivity contribution in [2.24, 2.45) is 0 Å². The van der Waals surface area contributed by atoms with Gasteiger partial charge in [-0.2, -0.15) is 0 Å². The first kappa shape index (κ1) is 68.5. The quantitative estimate of drug-likeness (QED) is 0.0301. The van der Waals surface area contributed by atoms with Gasteiger partial charge in [-0.15, -0.1) is 0 Å². The van der Waals surface area contributed by atoms with Crippen molar-refractivity contribution in [3.63, 3.8) is 0 Å². The highest BCUT2D eigenvalue weighted by Crippen LogP contribution is 2.33. The lowest BCUT2D eigenvalue weighted by Crippen LogP contribution is -2.66. The predicted octanol–water partition coefficient (Wildman–Crippen LogP) is 4.26. The molecule has 12 N–H and O–H groups in total. The van der Waals surface area contributed by atoms with Crippen LogP contribution in [0.5, 0.6) is 0 Å². The number of aliphatic hydroxyl groups is 11. The molecule has 0 aromatic carbocycles. The largest absolute Gasteiger partial charge is 0.394 e. The summed E-state index contributed by atoms with van der Waals surface area (Å²) in [5.74, 6) is -0.291. The highest BCUT2D eigenvalue weighted by Gasteiger charge is 2.53. The second-order valence-corrected chi connectivity index (χ2v) is 20.4.